The summed E-state index contributed by atoms with van der Waals surface area (Å²) in [5.74, 6) is 0.228. The van der Waals surface area contributed by atoms with Crippen LogP contribution < -0.4 is 10.6 Å². The molecule has 3 nitrogen and oxygen atoms in total. The molecule has 1 aliphatic heterocycles. The smallest absolute Gasteiger partial charge is 0.224 e. The van der Waals surface area contributed by atoms with Gasteiger partial charge in [0.2, 0.25) is 5.91 Å². The van der Waals surface area contributed by atoms with Crippen LogP contribution in [-0.4, -0.2) is 19.0 Å². The standard InChI is InChI=1S/C15H21FN2O/c1-10-7-12(9-17-8-10)15(19)18-11(2)13-5-3-4-6-14(13)16/h3-6,10-12,17H,7-9H2,1-2H3,(H,18,19). The van der Waals surface area contributed by atoms with Gasteiger partial charge in [-0.25, -0.2) is 4.39 Å². The molecule has 4 heteroatoms. The van der Waals surface area contributed by atoms with Gasteiger partial charge in [0.15, 0.2) is 0 Å². The van der Waals surface area contributed by atoms with Crippen LogP contribution >= 0.6 is 0 Å². The van der Waals surface area contributed by atoms with Gasteiger partial charge in [-0.1, -0.05) is 25.1 Å². The summed E-state index contributed by atoms with van der Waals surface area (Å²) < 4.78 is 13.6. The molecule has 104 valence electrons. The summed E-state index contributed by atoms with van der Waals surface area (Å²) in [4.78, 5) is 12.2. The zero-order valence-corrected chi connectivity index (χ0v) is 11.4. The third-order valence-electron chi connectivity index (χ3n) is 3.67. The van der Waals surface area contributed by atoms with Crippen LogP contribution in [0.5, 0.6) is 0 Å². The van der Waals surface area contributed by atoms with Crippen molar-refractivity contribution in [2.45, 2.75) is 26.3 Å². The summed E-state index contributed by atoms with van der Waals surface area (Å²) in [5, 5.41) is 6.16. The maximum Gasteiger partial charge on any atom is 0.224 e. The number of carbonyl (C=O) groups is 1. The van der Waals surface area contributed by atoms with Gasteiger partial charge in [-0.3, -0.25) is 4.79 Å². The number of hydrogen-bond donors (Lipinski definition) is 2. The van der Waals surface area contributed by atoms with Gasteiger partial charge >= 0.3 is 0 Å². The molecule has 2 N–H and O–H groups in total. The predicted octanol–water partition coefficient (Wildman–Crippen LogP) is 2.25. The fourth-order valence-corrected chi connectivity index (χ4v) is 2.59. The van der Waals surface area contributed by atoms with E-state index in [-0.39, 0.29) is 23.7 Å². The van der Waals surface area contributed by atoms with E-state index in [0.29, 0.717) is 18.0 Å². The fraction of sp³-hybridized carbons (Fsp3) is 0.533. The predicted molar refractivity (Wildman–Crippen MR) is 73.1 cm³/mol. The summed E-state index contributed by atoms with van der Waals surface area (Å²) in [6, 6.07) is 6.27. The normalized spacial score (nSPS) is 24.8. The summed E-state index contributed by atoms with van der Waals surface area (Å²) in [7, 11) is 0. The van der Waals surface area contributed by atoms with Crippen LogP contribution in [0.3, 0.4) is 0 Å². The molecule has 3 atom stereocenters. The lowest BCUT2D eigenvalue weighted by molar-refractivity contribution is -0.126. The minimum absolute atomic E-state index is 0.00908. The quantitative estimate of drug-likeness (QED) is 0.879. The van der Waals surface area contributed by atoms with Gasteiger partial charge < -0.3 is 10.6 Å². The highest BCUT2D eigenvalue weighted by molar-refractivity contribution is 5.79. The van der Waals surface area contributed by atoms with Crippen LogP contribution in [0.4, 0.5) is 4.39 Å². The van der Waals surface area contributed by atoms with E-state index in [2.05, 4.69) is 17.6 Å². The van der Waals surface area contributed by atoms with Crippen molar-refractivity contribution < 1.29 is 9.18 Å². The second kappa shape index (κ2) is 6.15. The average molecular weight is 264 g/mol. The van der Waals surface area contributed by atoms with Gasteiger partial charge in [0.25, 0.3) is 0 Å². The van der Waals surface area contributed by atoms with Crippen LogP contribution in [0.15, 0.2) is 24.3 Å². The van der Waals surface area contributed by atoms with Crippen molar-refractivity contribution in [1.82, 2.24) is 10.6 Å². The lowest BCUT2D eigenvalue weighted by Crippen LogP contribution is -2.44. The van der Waals surface area contributed by atoms with E-state index in [1.807, 2.05) is 6.92 Å². The molecule has 0 aliphatic carbocycles. The lowest BCUT2D eigenvalue weighted by atomic mass is 9.91. The van der Waals surface area contributed by atoms with E-state index in [4.69, 9.17) is 0 Å². The van der Waals surface area contributed by atoms with Crippen LogP contribution in [-0.2, 0) is 4.79 Å². The Bertz CT molecular complexity index is 450. The molecule has 0 aromatic heterocycles. The van der Waals surface area contributed by atoms with E-state index >= 15 is 0 Å². The minimum atomic E-state index is -0.300. The Kier molecular flexibility index (Phi) is 4.53. The maximum atomic E-state index is 13.6. The molecule has 19 heavy (non-hydrogen) atoms. The van der Waals surface area contributed by atoms with Gasteiger partial charge in [0, 0.05) is 12.1 Å². The van der Waals surface area contributed by atoms with Crippen molar-refractivity contribution in [2.75, 3.05) is 13.1 Å². The van der Waals surface area contributed by atoms with Gasteiger partial charge in [-0.2, -0.15) is 0 Å². The molecule has 0 bridgehead atoms. The van der Waals surface area contributed by atoms with Gasteiger partial charge in [-0.15, -0.1) is 0 Å². The molecule has 1 heterocycles. The Morgan fingerprint density at radius 3 is 2.84 bits per heavy atom. The highest BCUT2D eigenvalue weighted by Gasteiger charge is 2.26. The molecule has 1 aromatic rings. The third-order valence-corrected chi connectivity index (χ3v) is 3.67. The summed E-state index contributed by atoms with van der Waals surface area (Å²) >= 11 is 0. The molecular weight excluding hydrogens is 243 g/mol. The van der Waals surface area contributed by atoms with Crippen LogP contribution in [0.2, 0.25) is 0 Å². The van der Waals surface area contributed by atoms with Crippen LogP contribution in [0.1, 0.15) is 31.9 Å². The Hall–Kier alpha value is -1.42. The molecule has 0 spiro atoms. The number of hydrogen-bond acceptors (Lipinski definition) is 2. The summed E-state index contributed by atoms with van der Waals surface area (Å²) in [6.07, 6.45) is 0.892. The molecule has 2 rings (SSSR count). The van der Waals surface area contributed by atoms with Gasteiger partial charge in [0.05, 0.1) is 12.0 Å². The SMILES string of the molecule is CC1CNCC(C(=O)NC(C)c2ccccc2F)C1. The first-order valence-corrected chi connectivity index (χ1v) is 6.83. The molecule has 1 saturated heterocycles. The largest absolute Gasteiger partial charge is 0.349 e. The molecular formula is C15H21FN2O. The first-order valence-electron chi connectivity index (χ1n) is 6.83. The van der Waals surface area contributed by atoms with Crippen molar-refractivity contribution in [1.29, 1.82) is 0 Å². The van der Waals surface area contributed by atoms with Gasteiger partial charge in [-0.05, 0) is 31.9 Å². The number of rotatable bonds is 3. The zero-order chi connectivity index (χ0) is 13.8. The highest BCUT2D eigenvalue weighted by Crippen LogP contribution is 2.19. The molecule has 0 radical (unpaired) electrons. The van der Waals surface area contributed by atoms with Gasteiger partial charge in [0.1, 0.15) is 5.82 Å². The monoisotopic (exact) mass is 264 g/mol. The first-order chi connectivity index (χ1) is 9.08. The molecule has 1 aliphatic rings. The van der Waals surface area contributed by atoms with Crippen LogP contribution in [0.25, 0.3) is 0 Å². The first kappa shape index (κ1) is 14.0. The highest BCUT2D eigenvalue weighted by atomic mass is 19.1. The fourth-order valence-electron chi connectivity index (χ4n) is 2.59. The summed E-state index contributed by atoms with van der Waals surface area (Å²) in [6.45, 7) is 5.62. The molecule has 1 fully saturated rings. The molecule has 3 unspecified atom stereocenters. The molecule has 1 aromatic carbocycles. The third kappa shape index (κ3) is 3.53. The average Bonchev–Trinajstić information content (AvgIpc) is 2.39. The zero-order valence-electron chi connectivity index (χ0n) is 11.4. The van der Waals surface area contributed by atoms with Crippen molar-refractivity contribution >= 4 is 5.91 Å². The lowest BCUT2D eigenvalue weighted by Gasteiger charge is -2.28. The van der Waals surface area contributed by atoms with Crippen LogP contribution in [0, 0.1) is 17.7 Å². The molecule has 1 amide bonds. The van der Waals surface area contributed by atoms with Crippen molar-refractivity contribution in [3.05, 3.63) is 35.6 Å². The van der Waals surface area contributed by atoms with E-state index in [1.54, 1.807) is 18.2 Å². The molecule has 0 saturated carbocycles. The number of carbonyl (C=O) groups excluding carboxylic acids is 1. The Labute approximate surface area is 113 Å². The number of benzene rings is 1. The Balaban J connectivity index is 1.97. The Morgan fingerprint density at radius 1 is 1.42 bits per heavy atom. The second-order valence-corrected chi connectivity index (χ2v) is 5.45. The number of piperidine rings is 1. The number of nitrogens with one attached hydrogen (secondary N) is 2. The maximum absolute atomic E-state index is 13.6. The van der Waals surface area contributed by atoms with Crippen molar-refractivity contribution in [3.63, 3.8) is 0 Å². The number of halogens is 1. The van der Waals surface area contributed by atoms with E-state index in [0.717, 1.165) is 13.0 Å². The minimum Gasteiger partial charge on any atom is -0.349 e. The van der Waals surface area contributed by atoms with Crippen molar-refractivity contribution in [3.8, 4) is 0 Å². The topological polar surface area (TPSA) is 41.1 Å². The van der Waals surface area contributed by atoms with E-state index < -0.39 is 0 Å². The number of amides is 1. The summed E-state index contributed by atoms with van der Waals surface area (Å²) in [5.41, 5.74) is 0.535. The van der Waals surface area contributed by atoms with E-state index in [1.165, 1.54) is 6.07 Å². The van der Waals surface area contributed by atoms with E-state index in [9.17, 15) is 9.18 Å². The Morgan fingerprint density at radius 2 is 2.16 bits per heavy atom. The van der Waals surface area contributed by atoms with Crippen molar-refractivity contribution in [2.24, 2.45) is 11.8 Å². The second-order valence-electron chi connectivity index (χ2n) is 5.45.